The van der Waals surface area contributed by atoms with E-state index in [0.29, 0.717) is 6.04 Å². The van der Waals surface area contributed by atoms with Crippen LogP contribution < -0.4 is 15.1 Å². The molecule has 2 aliphatic rings. The molecule has 0 amide bonds. The predicted octanol–water partition coefficient (Wildman–Crippen LogP) is 2.47. The summed E-state index contributed by atoms with van der Waals surface area (Å²) in [7, 11) is 2.19. The zero-order valence-electron chi connectivity index (χ0n) is 12.1. The van der Waals surface area contributed by atoms with Crippen LogP contribution in [-0.4, -0.2) is 38.8 Å². The van der Waals surface area contributed by atoms with Crippen LogP contribution in [0.15, 0.2) is 24.3 Å². The normalized spacial score (nSPS) is 20.3. The largest absolute Gasteiger partial charge is 0.371 e. The van der Waals surface area contributed by atoms with Gasteiger partial charge >= 0.3 is 0 Å². The highest BCUT2D eigenvalue weighted by atomic mass is 15.3. The van der Waals surface area contributed by atoms with E-state index in [0.717, 1.165) is 25.7 Å². The molecule has 1 fully saturated rings. The lowest BCUT2D eigenvalue weighted by Gasteiger charge is -2.40. The number of nitrogens with zero attached hydrogens (tertiary/aromatic N) is 2. The van der Waals surface area contributed by atoms with Gasteiger partial charge in [0.2, 0.25) is 0 Å². The number of para-hydroxylation sites is 2. The Kier molecular flexibility index (Phi) is 3.65. The van der Waals surface area contributed by atoms with E-state index in [1.807, 2.05) is 0 Å². The maximum Gasteiger partial charge on any atom is 0.0607 e. The van der Waals surface area contributed by atoms with Crippen LogP contribution in [0.2, 0.25) is 0 Å². The Morgan fingerprint density at radius 3 is 2.68 bits per heavy atom. The lowest BCUT2D eigenvalue weighted by Crippen LogP contribution is -2.44. The van der Waals surface area contributed by atoms with Gasteiger partial charge in [0, 0.05) is 32.2 Å². The average Bonchev–Trinajstić information content (AvgIpc) is 3.23. The maximum absolute atomic E-state index is 3.62. The Hall–Kier alpha value is -1.22. The minimum atomic E-state index is 0.612. The summed E-state index contributed by atoms with van der Waals surface area (Å²) >= 11 is 0. The van der Waals surface area contributed by atoms with E-state index in [9.17, 15) is 0 Å². The van der Waals surface area contributed by atoms with E-state index in [2.05, 4.69) is 53.4 Å². The summed E-state index contributed by atoms with van der Waals surface area (Å²) in [5.41, 5.74) is 2.77. The molecule has 1 atom stereocenters. The first-order valence-electron chi connectivity index (χ1n) is 7.56. The Morgan fingerprint density at radius 2 is 1.95 bits per heavy atom. The summed E-state index contributed by atoms with van der Waals surface area (Å²) in [6.07, 6.45) is 3.99. The van der Waals surface area contributed by atoms with Crippen LogP contribution in [0.1, 0.15) is 26.2 Å². The van der Waals surface area contributed by atoms with Crippen molar-refractivity contribution in [2.75, 3.05) is 36.5 Å². The van der Waals surface area contributed by atoms with Crippen LogP contribution in [0.4, 0.5) is 11.4 Å². The molecule has 1 N–H and O–H groups in total. The molecule has 1 aromatic rings. The molecule has 1 heterocycles. The number of hydrogen-bond acceptors (Lipinski definition) is 3. The number of likely N-dealkylation sites (N-methyl/N-ethyl adjacent to an activating group) is 1. The summed E-state index contributed by atoms with van der Waals surface area (Å²) in [4.78, 5) is 4.94. The third kappa shape index (κ3) is 2.86. The fraction of sp³-hybridized carbons (Fsp3) is 0.625. The van der Waals surface area contributed by atoms with Crippen LogP contribution in [0, 0.1) is 0 Å². The Labute approximate surface area is 116 Å². The SMILES string of the molecule is CC(CCNC1CC1)N1CCN(C)c2ccccc21. The monoisotopic (exact) mass is 259 g/mol. The lowest BCUT2D eigenvalue weighted by molar-refractivity contribution is 0.540. The fourth-order valence-electron chi connectivity index (χ4n) is 2.93. The molecule has 0 saturated heterocycles. The number of fused-ring (bicyclic) bond motifs is 1. The lowest BCUT2D eigenvalue weighted by atomic mass is 10.1. The quantitative estimate of drug-likeness (QED) is 0.876. The molecule has 0 bridgehead atoms. The molecule has 1 saturated carbocycles. The number of rotatable bonds is 5. The molecule has 1 unspecified atom stereocenters. The average molecular weight is 259 g/mol. The van der Waals surface area contributed by atoms with Gasteiger partial charge in [0.25, 0.3) is 0 Å². The van der Waals surface area contributed by atoms with Crippen molar-refractivity contribution in [2.24, 2.45) is 0 Å². The molecular formula is C16H25N3. The van der Waals surface area contributed by atoms with Crippen molar-refractivity contribution in [3.63, 3.8) is 0 Å². The molecule has 0 aromatic heterocycles. The third-order valence-electron chi connectivity index (χ3n) is 4.38. The van der Waals surface area contributed by atoms with Crippen molar-refractivity contribution >= 4 is 11.4 Å². The minimum absolute atomic E-state index is 0.612. The van der Waals surface area contributed by atoms with Crippen LogP contribution >= 0.6 is 0 Å². The van der Waals surface area contributed by atoms with Crippen LogP contribution in [0.5, 0.6) is 0 Å². The third-order valence-corrected chi connectivity index (χ3v) is 4.38. The second-order valence-corrected chi connectivity index (χ2v) is 5.97. The molecule has 1 aliphatic heterocycles. The van der Waals surface area contributed by atoms with E-state index >= 15 is 0 Å². The van der Waals surface area contributed by atoms with E-state index < -0.39 is 0 Å². The van der Waals surface area contributed by atoms with E-state index in [-0.39, 0.29) is 0 Å². The first-order valence-corrected chi connectivity index (χ1v) is 7.56. The highest BCUT2D eigenvalue weighted by Gasteiger charge is 2.24. The van der Waals surface area contributed by atoms with E-state index in [1.54, 1.807) is 0 Å². The Morgan fingerprint density at radius 1 is 1.21 bits per heavy atom. The van der Waals surface area contributed by atoms with Gasteiger partial charge in [-0.25, -0.2) is 0 Å². The van der Waals surface area contributed by atoms with Crippen LogP contribution in [-0.2, 0) is 0 Å². The molecule has 3 heteroatoms. The van der Waals surface area contributed by atoms with Gasteiger partial charge in [-0.1, -0.05) is 12.1 Å². The van der Waals surface area contributed by atoms with Gasteiger partial charge in [0.1, 0.15) is 0 Å². The highest BCUT2D eigenvalue weighted by Crippen LogP contribution is 2.33. The molecule has 19 heavy (non-hydrogen) atoms. The topological polar surface area (TPSA) is 18.5 Å². The van der Waals surface area contributed by atoms with Gasteiger partial charge in [-0.2, -0.15) is 0 Å². The van der Waals surface area contributed by atoms with Gasteiger partial charge in [0.05, 0.1) is 11.4 Å². The summed E-state index contributed by atoms with van der Waals surface area (Å²) in [6.45, 7) is 5.77. The second kappa shape index (κ2) is 5.41. The number of benzene rings is 1. The molecule has 3 nitrogen and oxygen atoms in total. The van der Waals surface area contributed by atoms with E-state index in [4.69, 9.17) is 0 Å². The highest BCUT2D eigenvalue weighted by molar-refractivity contribution is 5.73. The molecule has 1 aliphatic carbocycles. The minimum Gasteiger partial charge on any atom is -0.371 e. The van der Waals surface area contributed by atoms with Gasteiger partial charge in [-0.15, -0.1) is 0 Å². The van der Waals surface area contributed by atoms with Gasteiger partial charge in [0.15, 0.2) is 0 Å². The Bertz CT molecular complexity index is 428. The van der Waals surface area contributed by atoms with Gasteiger partial charge < -0.3 is 15.1 Å². The summed E-state index contributed by atoms with van der Waals surface area (Å²) in [5.74, 6) is 0. The standard InChI is InChI=1S/C16H25N3/c1-13(9-10-17-14-7-8-14)19-12-11-18(2)15-5-3-4-6-16(15)19/h3-6,13-14,17H,7-12H2,1-2H3. The van der Waals surface area contributed by atoms with Crippen molar-refractivity contribution in [1.29, 1.82) is 0 Å². The first-order chi connectivity index (χ1) is 9.25. The van der Waals surface area contributed by atoms with Crippen molar-refractivity contribution in [3.05, 3.63) is 24.3 Å². The zero-order valence-corrected chi connectivity index (χ0v) is 12.1. The summed E-state index contributed by atoms with van der Waals surface area (Å²) in [5, 5.41) is 3.62. The fourth-order valence-corrected chi connectivity index (χ4v) is 2.93. The number of nitrogens with one attached hydrogen (secondary N) is 1. The molecule has 3 rings (SSSR count). The van der Waals surface area contributed by atoms with Crippen molar-refractivity contribution in [2.45, 2.75) is 38.3 Å². The Balaban J connectivity index is 1.65. The zero-order chi connectivity index (χ0) is 13.2. The summed E-state index contributed by atoms with van der Waals surface area (Å²) < 4.78 is 0. The molecule has 1 aromatic carbocycles. The maximum atomic E-state index is 3.62. The van der Waals surface area contributed by atoms with Crippen molar-refractivity contribution in [3.8, 4) is 0 Å². The number of anilines is 2. The molecule has 0 spiro atoms. The smallest absolute Gasteiger partial charge is 0.0607 e. The molecule has 104 valence electrons. The van der Waals surface area contributed by atoms with Crippen molar-refractivity contribution < 1.29 is 0 Å². The van der Waals surface area contributed by atoms with Gasteiger partial charge in [-0.3, -0.25) is 0 Å². The summed E-state index contributed by atoms with van der Waals surface area (Å²) in [6, 6.07) is 10.2. The van der Waals surface area contributed by atoms with Gasteiger partial charge in [-0.05, 0) is 44.9 Å². The molecule has 0 radical (unpaired) electrons. The van der Waals surface area contributed by atoms with E-state index in [1.165, 1.54) is 30.6 Å². The van der Waals surface area contributed by atoms with Crippen LogP contribution in [0.3, 0.4) is 0 Å². The second-order valence-electron chi connectivity index (χ2n) is 5.97. The number of hydrogen-bond donors (Lipinski definition) is 1. The molecular weight excluding hydrogens is 234 g/mol. The van der Waals surface area contributed by atoms with Crippen molar-refractivity contribution in [1.82, 2.24) is 5.32 Å². The first kappa shape index (κ1) is 12.8. The van der Waals surface area contributed by atoms with Crippen LogP contribution in [0.25, 0.3) is 0 Å². The predicted molar refractivity (Wildman–Crippen MR) is 82.2 cm³/mol.